The van der Waals surface area contributed by atoms with Gasteiger partial charge in [0.15, 0.2) is 0 Å². The molecule has 0 saturated carbocycles. The van der Waals surface area contributed by atoms with Crippen LogP contribution < -0.4 is 0 Å². The lowest BCUT2D eigenvalue weighted by Gasteiger charge is -2.37. The van der Waals surface area contributed by atoms with Crippen molar-refractivity contribution in [1.82, 2.24) is 0 Å². The van der Waals surface area contributed by atoms with E-state index >= 15 is 0 Å². The maximum absolute atomic E-state index is 11.3. The molecule has 0 spiro atoms. The zero-order chi connectivity index (χ0) is 12.3. The van der Waals surface area contributed by atoms with Crippen LogP contribution in [0.4, 0.5) is 0 Å². The summed E-state index contributed by atoms with van der Waals surface area (Å²) in [6.45, 7) is 13.6. The summed E-state index contributed by atoms with van der Waals surface area (Å²) in [4.78, 5) is 11.3. The molecular formula is C11H22O3Si. The van der Waals surface area contributed by atoms with E-state index in [4.69, 9.17) is 9.16 Å². The van der Waals surface area contributed by atoms with E-state index in [9.17, 15) is 4.79 Å². The number of carbonyl (C=O) groups excluding carboxylic acids is 1. The van der Waals surface area contributed by atoms with Crippen molar-refractivity contribution in [2.45, 2.75) is 39.3 Å². The third-order valence-electron chi connectivity index (χ3n) is 2.86. The highest BCUT2D eigenvalue weighted by Gasteiger charge is 2.42. The molecule has 0 aliphatic carbocycles. The number of carbonyl (C=O) groups is 1. The first kappa shape index (κ1) is 14.4. The molecule has 0 aliphatic heterocycles. The Labute approximate surface area is 93.6 Å². The number of hydrogen-bond donors (Lipinski definition) is 0. The molecule has 0 bridgehead atoms. The zero-order valence-electron chi connectivity index (χ0n) is 10.6. The predicted molar refractivity (Wildman–Crippen MR) is 64.1 cm³/mol. The van der Waals surface area contributed by atoms with Crippen LogP contribution in [0.1, 0.15) is 27.7 Å². The van der Waals surface area contributed by atoms with Crippen LogP contribution in [0.5, 0.6) is 0 Å². The lowest BCUT2D eigenvalue weighted by atomic mass is 10.2. The van der Waals surface area contributed by atoms with E-state index in [2.05, 4.69) is 33.9 Å². The standard InChI is InChI=1S/C11H22O3Si/c1-9(2)10(12)14-8-15(7,13-6)11(3,4)5/h1,8H2,2-7H3. The fraction of sp³-hybridized carbons (Fsp3) is 0.727. The molecule has 1 atom stereocenters. The van der Waals surface area contributed by atoms with Gasteiger partial charge >= 0.3 is 5.97 Å². The smallest absolute Gasteiger partial charge is 0.332 e. The summed E-state index contributed by atoms with van der Waals surface area (Å²) in [5.41, 5.74) is 0.427. The molecule has 88 valence electrons. The van der Waals surface area contributed by atoms with Crippen LogP contribution >= 0.6 is 0 Å². The van der Waals surface area contributed by atoms with Crippen molar-refractivity contribution in [3.05, 3.63) is 12.2 Å². The van der Waals surface area contributed by atoms with Crippen molar-refractivity contribution in [1.29, 1.82) is 0 Å². The summed E-state index contributed by atoms with van der Waals surface area (Å²) in [5, 5.41) is 0.0388. The average Bonchev–Trinajstić information content (AvgIpc) is 2.11. The lowest BCUT2D eigenvalue weighted by molar-refractivity contribution is -0.137. The Morgan fingerprint density at radius 2 is 1.87 bits per heavy atom. The van der Waals surface area contributed by atoms with Crippen molar-refractivity contribution in [2.24, 2.45) is 0 Å². The third kappa shape index (κ3) is 3.79. The highest BCUT2D eigenvalue weighted by Crippen LogP contribution is 2.36. The Balaban J connectivity index is 4.48. The first-order chi connectivity index (χ1) is 6.64. The average molecular weight is 230 g/mol. The Hall–Kier alpha value is -0.613. The van der Waals surface area contributed by atoms with Crippen LogP contribution in [0.3, 0.4) is 0 Å². The van der Waals surface area contributed by atoms with Gasteiger partial charge in [0, 0.05) is 12.7 Å². The van der Waals surface area contributed by atoms with Crippen LogP contribution in [0.15, 0.2) is 12.2 Å². The van der Waals surface area contributed by atoms with Crippen molar-refractivity contribution in [3.63, 3.8) is 0 Å². The Bertz CT molecular complexity index is 255. The van der Waals surface area contributed by atoms with Gasteiger partial charge in [-0.2, -0.15) is 0 Å². The molecule has 0 aromatic rings. The topological polar surface area (TPSA) is 35.5 Å². The fourth-order valence-electron chi connectivity index (χ4n) is 0.908. The molecule has 15 heavy (non-hydrogen) atoms. The molecule has 0 N–H and O–H groups in total. The van der Waals surface area contributed by atoms with E-state index in [1.807, 2.05) is 0 Å². The summed E-state index contributed by atoms with van der Waals surface area (Å²) in [7, 11) is -0.331. The van der Waals surface area contributed by atoms with Crippen molar-refractivity contribution >= 4 is 14.3 Å². The molecule has 1 unspecified atom stereocenters. The molecule has 0 amide bonds. The summed E-state index contributed by atoms with van der Waals surface area (Å²) in [6, 6.07) is 0. The molecule has 0 aromatic carbocycles. The van der Waals surface area contributed by atoms with Crippen LogP contribution in [0.2, 0.25) is 11.6 Å². The fourth-order valence-corrected chi connectivity index (χ4v) is 2.48. The number of ether oxygens (including phenoxy) is 1. The normalized spacial score (nSPS) is 15.6. The molecule has 0 aromatic heterocycles. The number of hydrogen-bond acceptors (Lipinski definition) is 3. The molecule has 0 heterocycles. The maximum atomic E-state index is 11.3. The van der Waals surface area contributed by atoms with E-state index in [1.54, 1.807) is 14.0 Å². The van der Waals surface area contributed by atoms with E-state index in [0.717, 1.165) is 0 Å². The molecule has 0 rings (SSSR count). The van der Waals surface area contributed by atoms with Crippen LogP contribution in [0, 0.1) is 0 Å². The van der Waals surface area contributed by atoms with E-state index in [0.29, 0.717) is 11.8 Å². The molecule has 0 fully saturated rings. The monoisotopic (exact) mass is 230 g/mol. The maximum Gasteiger partial charge on any atom is 0.332 e. The largest absolute Gasteiger partial charge is 0.463 e. The van der Waals surface area contributed by atoms with Crippen molar-refractivity contribution in [3.8, 4) is 0 Å². The van der Waals surface area contributed by atoms with Gasteiger partial charge in [0.2, 0.25) is 8.32 Å². The van der Waals surface area contributed by atoms with Gasteiger partial charge < -0.3 is 9.16 Å². The molecule has 0 radical (unpaired) electrons. The molecule has 3 nitrogen and oxygen atoms in total. The third-order valence-corrected chi connectivity index (χ3v) is 7.63. The van der Waals surface area contributed by atoms with E-state index < -0.39 is 8.32 Å². The van der Waals surface area contributed by atoms with Gasteiger partial charge in [-0.3, -0.25) is 0 Å². The van der Waals surface area contributed by atoms with Crippen LogP contribution in [-0.2, 0) is 14.0 Å². The highest BCUT2D eigenvalue weighted by atomic mass is 28.4. The Morgan fingerprint density at radius 3 is 2.13 bits per heavy atom. The molecule has 0 aliphatic rings. The van der Waals surface area contributed by atoms with Gasteiger partial charge in [0.05, 0.1) is 0 Å². The minimum atomic E-state index is -2.02. The summed E-state index contributed by atoms with van der Waals surface area (Å²) >= 11 is 0. The van der Waals surface area contributed by atoms with Gasteiger partial charge in [-0.05, 0) is 18.5 Å². The zero-order valence-corrected chi connectivity index (χ0v) is 11.6. The second-order valence-corrected chi connectivity index (χ2v) is 9.70. The van der Waals surface area contributed by atoms with Crippen LogP contribution in [-0.4, -0.2) is 27.6 Å². The van der Waals surface area contributed by atoms with E-state index in [1.165, 1.54) is 0 Å². The number of rotatable bonds is 4. The van der Waals surface area contributed by atoms with Gasteiger partial charge in [0.25, 0.3) is 0 Å². The van der Waals surface area contributed by atoms with Crippen molar-refractivity contribution < 1.29 is 14.0 Å². The molecule has 4 heteroatoms. The first-order valence-corrected chi connectivity index (χ1v) is 7.63. The minimum Gasteiger partial charge on any atom is -0.463 e. The van der Waals surface area contributed by atoms with Crippen LogP contribution in [0.25, 0.3) is 0 Å². The van der Waals surface area contributed by atoms with Gasteiger partial charge in [-0.1, -0.05) is 27.4 Å². The highest BCUT2D eigenvalue weighted by molar-refractivity contribution is 6.75. The van der Waals surface area contributed by atoms with Gasteiger partial charge in [-0.15, -0.1) is 0 Å². The Kier molecular flexibility index (Phi) is 4.74. The predicted octanol–water partition coefficient (Wildman–Crippen LogP) is 2.67. The minimum absolute atomic E-state index is 0.0388. The quantitative estimate of drug-likeness (QED) is 0.423. The summed E-state index contributed by atoms with van der Waals surface area (Å²) in [5.74, 6) is -0.338. The SMILES string of the molecule is C=C(C)C(=O)OC[Si](C)(OC)C(C)(C)C. The van der Waals surface area contributed by atoms with Crippen molar-refractivity contribution in [2.75, 3.05) is 13.3 Å². The van der Waals surface area contributed by atoms with Gasteiger partial charge in [-0.25, -0.2) is 4.79 Å². The summed E-state index contributed by atoms with van der Waals surface area (Å²) < 4.78 is 10.7. The first-order valence-electron chi connectivity index (χ1n) is 5.02. The number of esters is 1. The molecule has 0 saturated heterocycles. The molecular weight excluding hydrogens is 208 g/mol. The summed E-state index contributed by atoms with van der Waals surface area (Å²) in [6.07, 6.45) is 0.374. The van der Waals surface area contributed by atoms with E-state index in [-0.39, 0.29) is 11.0 Å². The van der Waals surface area contributed by atoms with Gasteiger partial charge in [0.1, 0.15) is 6.23 Å². The lowest BCUT2D eigenvalue weighted by Crippen LogP contribution is -2.48. The second kappa shape index (κ2) is 4.94. The Morgan fingerprint density at radius 1 is 1.40 bits per heavy atom. The second-order valence-electron chi connectivity index (χ2n) is 5.04.